The van der Waals surface area contributed by atoms with Crippen LogP contribution >= 0.6 is 11.3 Å². The number of rotatable bonds is 5. The zero-order valence-corrected chi connectivity index (χ0v) is 12.1. The molecule has 1 N–H and O–H groups in total. The predicted molar refractivity (Wildman–Crippen MR) is 81.7 cm³/mol. The molecule has 0 bridgehead atoms. The van der Waals surface area contributed by atoms with E-state index in [4.69, 9.17) is 4.74 Å². The number of hydrogen-bond acceptors (Lipinski definition) is 6. The van der Waals surface area contributed by atoms with E-state index in [1.54, 1.807) is 12.1 Å². The van der Waals surface area contributed by atoms with E-state index < -0.39 is 4.92 Å². The molecule has 1 aliphatic rings. The highest BCUT2D eigenvalue weighted by atomic mass is 32.1. The Bertz CT molecular complexity index is 638. The van der Waals surface area contributed by atoms with Gasteiger partial charge in [-0.2, -0.15) is 0 Å². The molecule has 3 rings (SSSR count). The minimum absolute atomic E-state index is 0.0781. The number of benzene rings is 1. The van der Waals surface area contributed by atoms with E-state index in [1.807, 2.05) is 11.4 Å². The van der Waals surface area contributed by atoms with Crippen molar-refractivity contribution in [2.24, 2.45) is 0 Å². The fourth-order valence-corrected chi connectivity index (χ4v) is 3.00. The van der Waals surface area contributed by atoms with Gasteiger partial charge < -0.3 is 10.1 Å². The zero-order chi connectivity index (χ0) is 14.7. The molecule has 0 aliphatic carbocycles. The van der Waals surface area contributed by atoms with Crippen molar-refractivity contribution >= 4 is 22.2 Å². The molecule has 1 saturated heterocycles. The van der Waals surface area contributed by atoms with Crippen LogP contribution in [0.2, 0.25) is 0 Å². The third kappa shape index (κ3) is 3.37. The quantitative estimate of drug-likeness (QED) is 0.677. The topological polar surface area (TPSA) is 77.3 Å². The highest BCUT2D eigenvalue weighted by molar-refractivity contribution is 7.14. The molecule has 1 atom stereocenters. The summed E-state index contributed by atoms with van der Waals surface area (Å²) in [6.07, 6.45) is 2.45. The second kappa shape index (κ2) is 6.19. The monoisotopic (exact) mass is 305 g/mol. The summed E-state index contributed by atoms with van der Waals surface area (Å²) in [5.74, 6) is 0. The molecule has 0 unspecified atom stereocenters. The summed E-state index contributed by atoms with van der Waals surface area (Å²) in [5.41, 5.74) is 1.58. The lowest BCUT2D eigenvalue weighted by atomic mass is 10.1. The second-order valence-corrected chi connectivity index (χ2v) is 5.72. The molecule has 0 radical (unpaired) electrons. The highest BCUT2D eigenvalue weighted by Gasteiger charge is 2.16. The van der Waals surface area contributed by atoms with Gasteiger partial charge in [-0.1, -0.05) is 12.1 Å². The van der Waals surface area contributed by atoms with Gasteiger partial charge in [-0.05, 0) is 12.8 Å². The van der Waals surface area contributed by atoms with Crippen LogP contribution < -0.4 is 5.32 Å². The molecule has 0 spiro atoms. The number of nitro groups is 1. The molecule has 1 fully saturated rings. The van der Waals surface area contributed by atoms with Crippen molar-refractivity contribution in [1.29, 1.82) is 0 Å². The van der Waals surface area contributed by atoms with Crippen LogP contribution in [0.15, 0.2) is 29.6 Å². The van der Waals surface area contributed by atoms with Gasteiger partial charge in [-0.15, -0.1) is 11.3 Å². The van der Waals surface area contributed by atoms with E-state index >= 15 is 0 Å². The van der Waals surface area contributed by atoms with Crippen molar-refractivity contribution in [3.05, 3.63) is 39.8 Å². The summed E-state index contributed by atoms with van der Waals surface area (Å²) in [6, 6.07) is 6.52. The second-order valence-electron chi connectivity index (χ2n) is 4.86. The van der Waals surface area contributed by atoms with E-state index in [9.17, 15) is 10.1 Å². The lowest BCUT2D eigenvalue weighted by Crippen LogP contribution is -2.18. The molecular weight excluding hydrogens is 290 g/mol. The van der Waals surface area contributed by atoms with Gasteiger partial charge in [0.15, 0.2) is 5.13 Å². The van der Waals surface area contributed by atoms with Gasteiger partial charge in [0, 0.05) is 36.2 Å². The number of aromatic nitrogens is 1. The Morgan fingerprint density at radius 2 is 2.43 bits per heavy atom. The number of thiazole rings is 1. The van der Waals surface area contributed by atoms with Crippen LogP contribution in [0.1, 0.15) is 12.8 Å². The van der Waals surface area contributed by atoms with Crippen LogP contribution in [0.4, 0.5) is 10.8 Å². The third-order valence-corrected chi connectivity index (χ3v) is 4.16. The van der Waals surface area contributed by atoms with Crippen molar-refractivity contribution in [3.63, 3.8) is 0 Å². The van der Waals surface area contributed by atoms with E-state index in [0.29, 0.717) is 0 Å². The zero-order valence-electron chi connectivity index (χ0n) is 11.3. The molecule has 21 heavy (non-hydrogen) atoms. The van der Waals surface area contributed by atoms with E-state index in [1.165, 1.54) is 17.4 Å². The van der Waals surface area contributed by atoms with Gasteiger partial charge in [-0.3, -0.25) is 10.1 Å². The van der Waals surface area contributed by atoms with Gasteiger partial charge in [0.25, 0.3) is 5.69 Å². The largest absolute Gasteiger partial charge is 0.376 e. The van der Waals surface area contributed by atoms with Crippen LogP contribution in [0.25, 0.3) is 11.3 Å². The maximum Gasteiger partial charge on any atom is 0.270 e. The van der Waals surface area contributed by atoms with E-state index in [-0.39, 0.29) is 11.8 Å². The maximum atomic E-state index is 10.8. The van der Waals surface area contributed by atoms with Crippen molar-refractivity contribution in [3.8, 4) is 11.3 Å². The molecular formula is C14H15N3O3S. The summed E-state index contributed by atoms with van der Waals surface area (Å²) >= 11 is 1.49. The Kier molecular flexibility index (Phi) is 4.12. The van der Waals surface area contributed by atoms with Crippen LogP contribution in [-0.4, -0.2) is 29.2 Å². The first-order valence-electron chi connectivity index (χ1n) is 6.78. The van der Waals surface area contributed by atoms with Crippen molar-refractivity contribution in [2.45, 2.75) is 18.9 Å². The van der Waals surface area contributed by atoms with Gasteiger partial charge in [0.2, 0.25) is 0 Å². The Labute approximate surface area is 125 Å². The summed E-state index contributed by atoms with van der Waals surface area (Å²) in [6.45, 7) is 1.59. The first-order valence-corrected chi connectivity index (χ1v) is 7.66. The number of ether oxygens (including phenoxy) is 1. The maximum absolute atomic E-state index is 10.8. The molecule has 110 valence electrons. The molecule has 1 aromatic carbocycles. The first kappa shape index (κ1) is 14.0. The summed E-state index contributed by atoms with van der Waals surface area (Å²) in [7, 11) is 0. The minimum atomic E-state index is -0.396. The average Bonchev–Trinajstić information content (AvgIpc) is 3.17. The number of nitrogens with zero attached hydrogens (tertiary/aromatic N) is 2. The SMILES string of the molecule is O=[N+]([O-])c1cccc(-c2csc(NC[C@@H]3CCCO3)n2)c1. The number of hydrogen-bond donors (Lipinski definition) is 1. The van der Waals surface area contributed by atoms with E-state index in [2.05, 4.69) is 10.3 Å². The van der Waals surface area contributed by atoms with E-state index in [0.717, 1.165) is 42.4 Å². The van der Waals surface area contributed by atoms with Crippen molar-refractivity contribution in [2.75, 3.05) is 18.5 Å². The predicted octanol–water partition coefficient (Wildman–Crippen LogP) is 3.31. The van der Waals surface area contributed by atoms with Crippen LogP contribution in [0, 0.1) is 10.1 Å². The van der Waals surface area contributed by atoms with Crippen LogP contribution in [0.3, 0.4) is 0 Å². The molecule has 7 heteroatoms. The fourth-order valence-electron chi connectivity index (χ4n) is 2.27. The summed E-state index contributed by atoms with van der Waals surface area (Å²) < 4.78 is 5.55. The average molecular weight is 305 g/mol. The number of nitrogens with one attached hydrogen (secondary N) is 1. The standard InChI is InChI=1S/C14H15N3O3S/c18-17(19)11-4-1-3-10(7-11)13-9-21-14(16-13)15-8-12-5-2-6-20-12/h1,3-4,7,9,12H,2,5-6,8H2,(H,15,16)/t12-/m0/s1. The molecule has 0 saturated carbocycles. The molecule has 0 amide bonds. The first-order chi connectivity index (χ1) is 10.2. The third-order valence-electron chi connectivity index (χ3n) is 3.36. The molecule has 1 aliphatic heterocycles. The van der Waals surface area contributed by atoms with Gasteiger partial charge >= 0.3 is 0 Å². The van der Waals surface area contributed by atoms with Crippen molar-refractivity contribution in [1.82, 2.24) is 4.98 Å². The Balaban J connectivity index is 1.69. The lowest BCUT2D eigenvalue weighted by molar-refractivity contribution is -0.384. The Morgan fingerprint density at radius 1 is 1.52 bits per heavy atom. The van der Waals surface area contributed by atoms with Crippen LogP contribution in [-0.2, 0) is 4.74 Å². The highest BCUT2D eigenvalue weighted by Crippen LogP contribution is 2.27. The fraction of sp³-hybridized carbons (Fsp3) is 0.357. The normalized spacial score (nSPS) is 17.8. The van der Waals surface area contributed by atoms with Crippen LogP contribution in [0.5, 0.6) is 0 Å². The van der Waals surface area contributed by atoms with Gasteiger partial charge in [0.05, 0.1) is 16.7 Å². The van der Waals surface area contributed by atoms with Gasteiger partial charge in [0.1, 0.15) is 0 Å². The molecule has 2 aromatic rings. The number of anilines is 1. The Morgan fingerprint density at radius 3 is 3.19 bits per heavy atom. The Hall–Kier alpha value is -1.99. The summed E-state index contributed by atoms with van der Waals surface area (Å²) in [4.78, 5) is 14.9. The minimum Gasteiger partial charge on any atom is -0.376 e. The lowest BCUT2D eigenvalue weighted by Gasteiger charge is -2.09. The summed E-state index contributed by atoms with van der Waals surface area (Å²) in [5, 5.41) is 16.8. The number of non-ortho nitro benzene ring substituents is 1. The molecule has 6 nitrogen and oxygen atoms in total. The smallest absolute Gasteiger partial charge is 0.270 e. The number of nitro benzene ring substituents is 1. The van der Waals surface area contributed by atoms with Gasteiger partial charge in [-0.25, -0.2) is 4.98 Å². The molecule has 2 heterocycles. The van der Waals surface area contributed by atoms with Crippen molar-refractivity contribution < 1.29 is 9.66 Å². The molecule has 1 aromatic heterocycles.